The number of hydrogen-bond donors (Lipinski definition) is 1. The summed E-state index contributed by atoms with van der Waals surface area (Å²) in [7, 11) is -3.57. The van der Waals surface area contributed by atoms with Crippen molar-refractivity contribution in [1.29, 1.82) is 0 Å². The zero-order chi connectivity index (χ0) is 20.6. The molecule has 8 nitrogen and oxygen atoms in total. The van der Waals surface area contributed by atoms with Gasteiger partial charge in [-0.25, -0.2) is 8.42 Å². The molecule has 0 fully saturated rings. The van der Waals surface area contributed by atoms with Crippen molar-refractivity contribution in [3.05, 3.63) is 41.4 Å². The normalized spacial score (nSPS) is 18.3. The number of fused-ring (bicyclic) bond motifs is 2. The molecule has 0 bridgehead atoms. The first-order valence-corrected chi connectivity index (χ1v) is 11.2. The van der Waals surface area contributed by atoms with Crippen molar-refractivity contribution in [1.82, 2.24) is 0 Å². The number of rotatable bonds is 3. The summed E-state index contributed by atoms with van der Waals surface area (Å²) in [5, 5.41) is 3.17. The molecule has 2 aliphatic rings. The van der Waals surface area contributed by atoms with Crippen molar-refractivity contribution in [2.24, 2.45) is 0 Å². The molecule has 2 aliphatic heterocycles. The molecule has 29 heavy (non-hydrogen) atoms. The lowest BCUT2D eigenvalue weighted by molar-refractivity contribution is -0.122. The number of anilines is 2. The lowest BCUT2D eigenvalue weighted by Gasteiger charge is -2.21. The Labute approximate surface area is 173 Å². The zero-order valence-electron chi connectivity index (χ0n) is 15.6. The quantitative estimate of drug-likeness (QED) is 0.791. The van der Waals surface area contributed by atoms with Crippen LogP contribution in [0.15, 0.2) is 36.4 Å². The molecule has 0 spiro atoms. The van der Waals surface area contributed by atoms with E-state index in [1.807, 2.05) is 0 Å². The number of benzene rings is 2. The Morgan fingerprint density at radius 1 is 1.10 bits per heavy atom. The molecule has 10 heteroatoms. The number of sulfonamides is 1. The van der Waals surface area contributed by atoms with Crippen LogP contribution in [0.25, 0.3) is 0 Å². The van der Waals surface area contributed by atoms with E-state index in [4.69, 9.17) is 25.8 Å². The molecule has 2 heterocycles. The Kier molecular flexibility index (Phi) is 5.18. The highest BCUT2D eigenvalue weighted by Crippen LogP contribution is 2.37. The highest BCUT2D eigenvalue weighted by molar-refractivity contribution is 7.92. The molecule has 4 rings (SSSR count). The van der Waals surface area contributed by atoms with Crippen LogP contribution in [0.4, 0.5) is 11.4 Å². The Hall–Kier alpha value is -2.65. The molecule has 0 aliphatic carbocycles. The molecule has 0 aromatic heterocycles. The topological polar surface area (TPSA) is 94.2 Å². The molecule has 0 saturated heterocycles. The second-order valence-electron chi connectivity index (χ2n) is 6.69. The van der Waals surface area contributed by atoms with Gasteiger partial charge in [0.2, 0.25) is 10.0 Å². The first-order valence-electron chi connectivity index (χ1n) is 8.96. The van der Waals surface area contributed by atoms with Gasteiger partial charge in [0, 0.05) is 29.7 Å². The summed E-state index contributed by atoms with van der Waals surface area (Å²) in [6.07, 6.45) is 0.401. The number of halogens is 1. The van der Waals surface area contributed by atoms with Crippen LogP contribution >= 0.6 is 11.6 Å². The summed E-state index contributed by atoms with van der Waals surface area (Å²) in [5.41, 5.74) is 0.845. The van der Waals surface area contributed by atoms with Gasteiger partial charge in [0.15, 0.2) is 17.6 Å². The summed E-state index contributed by atoms with van der Waals surface area (Å²) in [6.45, 7) is 1.01. The maximum absolute atomic E-state index is 12.8. The average Bonchev–Trinajstić information content (AvgIpc) is 2.87. The molecule has 1 N–H and O–H groups in total. The third-order valence-corrected chi connectivity index (χ3v) is 5.97. The fourth-order valence-electron chi connectivity index (χ4n) is 3.23. The van der Waals surface area contributed by atoms with Crippen LogP contribution in [-0.4, -0.2) is 46.4 Å². The first kappa shape index (κ1) is 19.7. The third kappa shape index (κ3) is 4.20. The van der Waals surface area contributed by atoms with Crippen LogP contribution < -0.4 is 23.8 Å². The molecule has 1 unspecified atom stereocenters. The molecule has 0 saturated carbocycles. The summed E-state index contributed by atoms with van der Waals surface area (Å²) >= 11 is 6.03. The minimum atomic E-state index is -3.57. The number of amides is 1. The molecule has 2 aromatic rings. The van der Waals surface area contributed by atoms with Crippen LogP contribution in [0.2, 0.25) is 5.02 Å². The summed E-state index contributed by atoms with van der Waals surface area (Å²) in [6, 6.07) is 9.77. The van der Waals surface area contributed by atoms with Crippen LogP contribution in [0.3, 0.4) is 0 Å². The zero-order valence-corrected chi connectivity index (χ0v) is 17.1. The summed E-state index contributed by atoms with van der Waals surface area (Å²) in [4.78, 5) is 12.8. The molecule has 1 amide bonds. The fraction of sp³-hybridized carbons (Fsp3) is 0.316. The first-order chi connectivity index (χ1) is 13.8. The Bertz CT molecular complexity index is 1060. The van der Waals surface area contributed by atoms with Gasteiger partial charge in [-0.05, 0) is 30.3 Å². The van der Waals surface area contributed by atoms with Gasteiger partial charge in [-0.1, -0.05) is 11.6 Å². The van der Waals surface area contributed by atoms with Crippen molar-refractivity contribution in [3.63, 3.8) is 0 Å². The largest absolute Gasteiger partial charge is 0.486 e. The number of hydrogen-bond acceptors (Lipinski definition) is 6. The summed E-state index contributed by atoms with van der Waals surface area (Å²) < 4.78 is 42.5. The molecular formula is C19H19ClN2O6S. The number of nitrogens with one attached hydrogen (secondary N) is 1. The number of carbonyl (C=O) groups is 1. The van der Waals surface area contributed by atoms with E-state index < -0.39 is 22.0 Å². The van der Waals surface area contributed by atoms with Gasteiger partial charge >= 0.3 is 0 Å². The molecule has 154 valence electrons. The second kappa shape index (κ2) is 7.64. The maximum atomic E-state index is 12.8. The molecule has 0 radical (unpaired) electrons. The van der Waals surface area contributed by atoms with Crippen molar-refractivity contribution < 1.29 is 27.4 Å². The molecule has 1 atom stereocenters. The highest BCUT2D eigenvalue weighted by Gasteiger charge is 2.31. The smallest absolute Gasteiger partial charge is 0.265 e. The van der Waals surface area contributed by atoms with Gasteiger partial charge < -0.3 is 19.5 Å². The number of ether oxygens (including phenoxy) is 3. The van der Waals surface area contributed by atoms with Gasteiger partial charge in [-0.3, -0.25) is 9.10 Å². The fourth-order valence-corrected chi connectivity index (χ4v) is 4.33. The lowest BCUT2D eigenvalue weighted by atomic mass is 10.2. The van der Waals surface area contributed by atoms with E-state index in [1.54, 1.807) is 30.3 Å². The average molecular weight is 439 g/mol. The molecule has 2 aromatic carbocycles. The van der Waals surface area contributed by atoms with E-state index in [0.29, 0.717) is 41.1 Å². The van der Waals surface area contributed by atoms with Gasteiger partial charge in [-0.2, -0.15) is 0 Å². The van der Waals surface area contributed by atoms with Gasteiger partial charge in [0.1, 0.15) is 19.0 Å². The SMILES string of the molecule is CS(=O)(=O)N1CCC(C(=O)Nc2ccc3c(c2)OCCO3)Oc2ccc(Cl)cc21. The summed E-state index contributed by atoms with van der Waals surface area (Å²) in [5.74, 6) is 1.06. The minimum Gasteiger partial charge on any atom is -0.486 e. The predicted octanol–water partition coefficient (Wildman–Crippen LogP) is 2.67. The van der Waals surface area contributed by atoms with E-state index in [0.717, 1.165) is 6.26 Å². The molecular weight excluding hydrogens is 420 g/mol. The lowest BCUT2D eigenvalue weighted by Crippen LogP contribution is -2.36. The van der Waals surface area contributed by atoms with Crippen LogP contribution in [0.5, 0.6) is 17.2 Å². The standard InChI is InChI=1S/C19H19ClN2O6S/c1-29(24,25)22-7-6-17(28-15-4-2-12(20)10-14(15)22)19(23)21-13-3-5-16-18(11-13)27-9-8-26-16/h2-5,10-11,17H,6-9H2,1H3,(H,21,23). The van der Waals surface area contributed by atoms with E-state index >= 15 is 0 Å². The second-order valence-corrected chi connectivity index (χ2v) is 9.03. The van der Waals surface area contributed by atoms with Crippen LogP contribution in [0.1, 0.15) is 6.42 Å². The monoisotopic (exact) mass is 438 g/mol. The van der Waals surface area contributed by atoms with E-state index in [2.05, 4.69) is 5.32 Å². The predicted molar refractivity (Wildman–Crippen MR) is 109 cm³/mol. The van der Waals surface area contributed by atoms with Crippen molar-refractivity contribution >= 4 is 38.9 Å². The number of nitrogens with zero attached hydrogens (tertiary/aromatic N) is 1. The Morgan fingerprint density at radius 3 is 2.59 bits per heavy atom. The van der Waals surface area contributed by atoms with E-state index in [1.165, 1.54) is 10.4 Å². The van der Waals surface area contributed by atoms with Crippen LogP contribution in [-0.2, 0) is 14.8 Å². The number of carbonyl (C=O) groups excluding carboxylic acids is 1. The van der Waals surface area contributed by atoms with Gasteiger partial charge in [0.05, 0.1) is 11.9 Å². The van der Waals surface area contributed by atoms with E-state index in [-0.39, 0.29) is 18.7 Å². The van der Waals surface area contributed by atoms with Crippen LogP contribution in [0, 0.1) is 0 Å². The van der Waals surface area contributed by atoms with Crippen molar-refractivity contribution in [3.8, 4) is 17.2 Å². The van der Waals surface area contributed by atoms with Crippen molar-refractivity contribution in [2.75, 3.05) is 35.6 Å². The third-order valence-electron chi connectivity index (χ3n) is 4.56. The maximum Gasteiger partial charge on any atom is 0.265 e. The van der Waals surface area contributed by atoms with Gasteiger partial charge in [0.25, 0.3) is 5.91 Å². The van der Waals surface area contributed by atoms with Gasteiger partial charge in [-0.15, -0.1) is 0 Å². The highest BCUT2D eigenvalue weighted by atomic mass is 35.5. The van der Waals surface area contributed by atoms with Crippen molar-refractivity contribution in [2.45, 2.75) is 12.5 Å². The Morgan fingerprint density at radius 2 is 1.83 bits per heavy atom. The van der Waals surface area contributed by atoms with E-state index in [9.17, 15) is 13.2 Å². The minimum absolute atomic E-state index is 0.0887. The Balaban J connectivity index is 1.56.